The van der Waals surface area contributed by atoms with E-state index in [0.29, 0.717) is 5.75 Å². The molecule has 0 aliphatic carbocycles. The van der Waals surface area contributed by atoms with Gasteiger partial charge in [-0.05, 0) is 52.7 Å². The first kappa shape index (κ1) is 17.7. The van der Waals surface area contributed by atoms with E-state index in [9.17, 15) is 9.59 Å². The fourth-order valence-electron chi connectivity index (χ4n) is 4.21. The summed E-state index contributed by atoms with van der Waals surface area (Å²) in [5.74, 6) is 0.106. The Morgan fingerprint density at radius 1 is 1.24 bits per heavy atom. The molecule has 3 rings (SSSR count). The van der Waals surface area contributed by atoms with Crippen molar-refractivity contribution >= 4 is 17.6 Å². The highest BCUT2D eigenvalue weighted by atomic mass is 16.5. The van der Waals surface area contributed by atoms with E-state index in [0.717, 1.165) is 18.5 Å². The maximum absolute atomic E-state index is 12.6. The van der Waals surface area contributed by atoms with Gasteiger partial charge in [-0.1, -0.05) is 12.1 Å². The van der Waals surface area contributed by atoms with Gasteiger partial charge in [-0.3, -0.25) is 4.79 Å². The van der Waals surface area contributed by atoms with E-state index >= 15 is 0 Å². The summed E-state index contributed by atoms with van der Waals surface area (Å²) in [6.45, 7) is 8.87. The highest BCUT2D eigenvalue weighted by molar-refractivity contribution is 5.89. The van der Waals surface area contributed by atoms with Gasteiger partial charge in [0.25, 0.3) is 0 Å². The summed E-state index contributed by atoms with van der Waals surface area (Å²) in [5, 5.41) is 6.76. The fraction of sp³-hybridized carbons (Fsp3) is 0.579. The summed E-state index contributed by atoms with van der Waals surface area (Å²) in [5.41, 5.74) is 0.728. The Hall–Kier alpha value is -2.08. The second kappa shape index (κ2) is 6.33. The Morgan fingerprint density at radius 2 is 1.88 bits per heavy atom. The van der Waals surface area contributed by atoms with Crippen LogP contribution in [0.1, 0.15) is 40.5 Å². The van der Waals surface area contributed by atoms with Crippen molar-refractivity contribution in [2.45, 2.75) is 57.7 Å². The summed E-state index contributed by atoms with van der Waals surface area (Å²) < 4.78 is 5.23. The zero-order valence-electron chi connectivity index (χ0n) is 15.4. The third kappa shape index (κ3) is 4.31. The van der Waals surface area contributed by atoms with Gasteiger partial charge in [0, 0.05) is 17.1 Å². The molecule has 1 aromatic carbocycles. The minimum atomic E-state index is -0.337. The number of anilines is 1. The van der Waals surface area contributed by atoms with Crippen LogP contribution in [0.5, 0.6) is 5.75 Å². The van der Waals surface area contributed by atoms with E-state index < -0.39 is 0 Å². The summed E-state index contributed by atoms with van der Waals surface area (Å²) in [6, 6.07) is 7.42. The van der Waals surface area contributed by atoms with Crippen LogP contribution in [0.4, 0.5) is 5.69 Å². The monoisotopic (exact) mass is 345 g/mol. The molecule has 0 radical (unpaired) electrons. The quantitative estimate of drug-likeness (QED) is 0.646. The van der Waals surface area contributed by atoms with E-state index in [4.69, 9.17) is 4.74 Å². The van der Waals surface area contributed by atoms with Gasteiger partial charge in [-0.15, -0.1) is 0 Å². The average Bonchev–Trinajstić information content (AvgIpc) is 2.43. The third-order valence-electron chi connectivity index (χ3n) is 4.64. The van der Waals surface area contributed by atoms with Crippen LogP contribution in [-0.2, 0) is 9.59 Å². The fourth-order valence-corrected chi connectivity index (χ4v) is 4.21. The molecule has 1 saturated heterocycles. The number of ether oxygens (including phenoxy) is 1. The number of fused-ring (bicyclic) bond motifs is 1. The van der Waals surface area contributed by atoms with Crippen LogP contribution in [0.2, 0.25) is 0 Å². The lowest BCUT2D eigenvalue weighted by atomic mass is 9.79. The highest BCUT2D eigenvalue weighted by Gasteiger charge is 2.38. The maximum atomic E-state index is 12.6. The predicted octanol–water partition coefficient (Wildman–Crippen LogP) is 1.84. The molecule has 2 aliphatic rings. The van der Waals surface area contributed by atoms with E-state index in [1.165, 1.54) is 0 Å². The van der Waals surface area contributed by atoms with Crippen LogP contribution in [0.3, 0.4) is 0 Å². The smallest absolute Gasteiger partial charge is 0.331 e. The SMILES string of the molecule is CC1(C)CC(NC(=O)CN2CC(=O)Oc3ccccc32)CC(C)(C)N1. The van der Waals surface area contributed by atoms with Crippen LogP contribution in [0.15, 0.2) is 24.3 Å². The van der Waals surface area contributed by atoms with Gasteiger partial charge in [-0.25, -0.2) is 4.79 Å². The Kier molecular flexibility index (Phi) is 4.49. The van der Waals surface area contributed by atoms with Crippen molar-refractivity contribution in [3.8, 4) is 5.75 Å². The first-order valence-electron chi connectivity index (χ1n) is 8.77. The maximum Gasteiger partial charge on any atom is 0.331 e. The molecule has 0 atom stereocenters. The molecular weight excluding hydrogens is 318 g/mol. The number of nitrogens with zero attached hydrogens (tertiary/aromatic N) is 1. The average molecular weight is 345 g/mol. The lowest BCUT2D eigenvalue weighted by Gasteiger charge is -2.46. The predicted molar refractivity (Wildman–Crippen MR) is 96.7 cm³/mol. The minimum Gasteiger partial charge on any atom is -0.423 e. The Morgan fingerprint density at radius 3 is 2.56 bits per heavy atom. The molecule has 2 N–H and O–H groups in total. The largest absolute Gasteiger partial charge is 0.423 e. The van der Waals surface area contributed by atoms with Gasteiger partial charge in [0.05, 0.1) is 12.2 Å². The number of benzene rings is 1. The number of carbonyl (C=O) groups is 2. The molecule has 0 unspecified atom stereocenters. The number of para-hydroxylation sites is 2. The number of esters is 1. The normalized spacial score (nSPS) is 22.1. The third-order valence-corrected chi connectivity index (χ3v) is 4.64. The number of piperidine rings is 1. The van der Waals surface area contributed by atoms with Gasteiger partial charge >= 0.3 is 5.97 Å². The van der Waals surface area contributed by atoms with E-state index in [1.54, 1.807) is 11.0 Å². The van der Waals surface area contributed by atoms with Crippen LogP contribution >= 0.6 is 0 Å². The van der Waals surface area contributed by atoms with Crippen LogP contribution in [-0.4, -0.2) is 42.1 Å². The first-order chi connectivity index (χ1) is 11.6. The van der Waals surface area contributed by atoms with Crippen molar-refractivity contribution < 1.29 is 14.3 Å². The zero-order valence-corrected chi connectivity index (χ0v) is 15.4. The molecule has 0 aromatic heterocycles. The van der Waals surface area contributed by atoms with Crippen molar-refractivity contribution in [1.82, 2.24) is 10.6 Å². The van der Waals surface area contributed by atoms with Gasteiger partial charge in [0.1, 0.15) is 6.54 Å². The van der Waals surface area contributed by atoms with E-state index in [-0.39, 0.29) is 42.1 Å². The van der Waals surface area contributed by atoms with Crippen LogP contribution in [0.25, 0.3) is 0 Å². The molecule has 0 saturated carbocycles. The van der Waals surface area contributed by atoms with Crippen LogP contribution < -0.4 is 20.3 Å². The van der Waals surface area contributed by atoms with E-state index in [2.05, 4.69) is 38.3 Å². The molecule has 6 nitrogen and oxygen atoms in total. The summed E-state index contributed by atoms with van der Waals surface area (Å²) >= 11 is 0. The minimum absolute atomic E-state index is 0.0266. The molecule has 0 bridgehead atoms. The summed E-state index contributed by atoms with van der Waals surface area (Å²) in [4.78, 5) is 26.1. The molecule has 25 heavy (non-hydrogen) atoms. The Bertz CT molecular complexity index is 668. The molecule has 1 aromatic rings. The molecule has 1 amide bonds. The van der Waals surface area contributed by atoms with E-state index in [1.807, 2.05) is 18.2 Å². The zero-order chi connectivity index (χ0) is 18.2. The van der Waals surface area contributed by atoms with Crippen molar-refractivity contribution in [3.63, 3.8) is 0 Å². The second-order valence-electron chi connectivity index (χ2n) is 8.36. The molecule has 2 heterocycles. The van der Waals surface area contributed by atoms with Crippen molar-refractivity contribution in [3.05, 3.63) is 24.3 Å². The number of nitrogens with one attached hydrogen (secondary N) is 2. The summed E-state index contributed by atoms with van der Waals surface area (Å²) in [7, 11) is 0. The summed E-state index contributed by atoms with van der Waals surface area (Å²) in [6.07, 6.45) is 1.75. The first-order valence-corrected chi connectivity index (χ1v) is 8.77. The van der Waals surface area contributed by atoms with Gasteiger partial charge in [0.2, 0.25) is 5.91 Å². The Labute approximate surface area is 148 Å². The molecule has 1 fully saturated rings. The van der Waals surface area contributed by atoms with Crippen molar-refractivity contribution in [2.75, 3.05) is 18.0 Å². The molecular formula is C19H27N3O3. The number of amides is 1. The molecule has 2 aliphatic heterocycles. The Balaban J connectivity index is 1.66. The van der Waals surface area contributed by atoms with Crippen molar-refractivity contribution in [2.24, 2.45) is 0 Å². The molecule has 136 valence electrons. The standard InChI is InChI=1S/C19H27N3O3/c1-18(2)9-13(10-19(3,4)21-18)20-16(23)11-22-12-17(24)25-15-8-6-5-7-14(15)22/h5-8,13,21H,9-12H2,1-4H3,(H,20,23). The second-order valence-corrected chi connectivity index (χ2v) is 8.36. The van der Waals surface area contributed by atoms with Crippen LogP contribution in [0, 0.1) is 0 Å². The molecule has 0 spiro atoms. The number of carbonyl (C=O) groups excluding carboxylic acids is 2. The van der Waals surface area contributed by atoms with Gasteiger partial charge in [0.15, 0.2) is 5.75 Å². The number of rotatable bonds is 3. The highest BCUT2D eigenvalue weighted by Crippen LogP contribution is 2.31. The molecule has 6 heteroatoms. The number of hydrogen-bond donors (Lipinski definition) is 2. The van der Waals surface area contributed by atoms with Gasteiger partial charge in [-0.2, -0.15) is 0 Å². The van der Waals surface area contributed by atoms with Gasteiger partial charge < -0.3 is 20.3 Å². The number of hydrogen-bond acceptors (Lipinski definition) is 5. The topological polar surface area (TPSA) is 70.7 Å². The van der Waals surface area contributed by atoms with Crippen molar-refractivity contribution in [1.29, 1.82) is 0 Å². The lowest BCUT2D eigenvalue weighted by Crippen LogP contribution is -2.62. The lowest BCUT2D eigenvalue weighted by molar-refractivity contribution is -0.133.